The van der Waals surface area contributed by atoms with E-state index in [0.717, 1.165) is 27.5 Å². The number of hydrogen-bond acceptors (Lipinski definition) is 4. The maximum Gasteiger partial charge on any atom is 0.0721 e. The summed E-state index contributed by atoms with van der Waals surface area (Å²) in [4.78, 5) is 0.741. The Morgan fingerprint density at radius 1 is 1.40 bits per heavy atom. The molecule has 0 bridgehead atoms. The van der Waals surface area contributed by atoms with E-state index in [1.165, 1.54) is 0 Å². The van der Waals surface area contributed by atoms with Crippen molar-refractivity contribution < 1.29 is 4.21 Å². The van der Waals surface area contributed by atoms with E-state index in [1.807, 2.05) is 38.1 Å². The van der Waals surface area contributed by atoms with Gasteiger partial charge in [-0.05, 0) is 32.0 Å². The molecule has 2 aromatic rings. The normalized spacial score (nSPS) is 13.8. The van der Waals surface area contributed by atoms with Crippen molar-refractivity contribution >= 4 is 15.4 Å². The van der Waals surface area contributed by atoms with E-state index in [0.29, 0.717) is 6.54 Å². The number of H-pyrrole nitrogens is 1. The van der Waals surface area contributed by atoms with Crippen molar-refractivity contribution in [2.45, 2.75) is 25.3 Å². The Kier molecular flexibility index (Phi) is 4.13. The molecule has 0 amide bonds. The molecule has 5 nitrogen and oxygen atoms in total. The molecule has 0 aliphatic carbocycles. The second-order valence-electron chi connectivity index (χ2n) is 4.78. The molecule has 6 heteroatoms. The van der Waals surface area contributed by atoms with Gasteiger partial charge in [-0.3, -0.25) is 5.10 Å². The fourth-order valence-electron chi connectivity index (χ4n) is 1.97. The molecule has 0 aliphatic heterocycles. The van der Waals surface area contributed by atoms with E-state index in [9.17, 15) is 4.21 Å². The highest BCUT2D eigenvalue weighted by atomic mass is 32.2. The molecule has 2 N–H and O–H groups in total. The Labute approximate surface area is 120 Å². The fourth-order valence-corrected chi connectivity index (χ4v) is 2.86. The average Bonchev–Trinajstić information content (AvgIpc) is 2.76. The van der Waals surface area contributed by atoms with E-state index >= 15 is 0 Å². The topological polar surface area (TPSA) is 70.1 Å². The summed E-state index contributed by atoms with van der Waals surface area (Å²) in [6, 6.07) is 7.58. The molecule has 0 fully saturated rings. The summed E-state index contributed by atoms with van der Waals surface area (Å²) in [5.74, 6) is 0. The molecule has 0 aliphatic rings. The van der Waals surface area contributed by atoms with Gasteiger partial charge in [-0.1, -0.05) is 6.07 Å². The Balaban J connectivity index is 2.20. The van der Waals surface area contributed by atoms with Crippen LogP contribution in [0.1, 0.15) is 17.0 Å². The van der Waals surface area contributed by atoms with E-state index in [1.54, 1.807) is 13.3 Å². The minimum Gasteiger partial charge on any atom is -0.381 e. The van der Waals surface area contributed by atoms with Crippen molar-refractivity contribution in [2.75, 3.05) is 18.6 Å². The van der Waals surface area contributed by atoms with Crippen LogP contribution in [-0.2, 0) is 16.3 Å². The number of rotatable bonds is 4. The maximum atomic E-state index is 12.2. The number of nitrogens with zero attached hydrogens (tertiary/aromatic N) is 2. The van der Waals surface area contributed by atoms with Crippen LogP contribution in [-0.4, -0.2) is 27.7 Å². The predicted molar refractivity (Wildman–Crippen MR) is 82.5 cm³/mol. The van der Waals surface area contributed by atoms with Crippen molar-refractivity contribution in [1.29, 1.82) is 0 Å². The van der Waals surface area contributed by atoms with Crippen molar-refractivity contribution in [1.82, 2.24) is 10.2 Å². The smallest absolute Gasteiger partial charge is 0.0721 e. The summed E-state index contributed by atoms with van der Waals surface area (Å²) in [6.07, 6.45) is 1.65. The van der Waals surface area contributed by atoms with Crippen LogP contribution < -0.4 is 5.32 Å². The van der Waals surface area contributed by atoms with Gasteiger partial charge in [0, 0.05) is 41.7 Å². The van der Waals surface area contributed by atoms with Gasteiger partial charge < -0.3 is 5.32 Å². The summed E-state index contributed by atoms with van der Waals surface area (Å²) in [7, 11) is -0.709. The SMILES string of the molecule is CN=S(C)(=O)c1cccc(NCc2c(C)n[nH]c2C)c1. The lowest BCUT2D eigenvalue weighted by molar-refractivity contribution is 0.680. The first-order valence-corrected chi connectivity index (χ1v) is 8.31. The number of hydrogen-bond donors (Lipinski definition) is 2. The first-order chi connectivity index (χ1) is 9.44. The van der Waals surface area contributed by atoms with Crippen molar-refractivity contribution in [2.24, 2.45) is 4.36 Å². The van der Waals surface area contributed by atoms with Gasteiger partial charge in [0.2, 0.25) is 0 Å². The third-order valence-electron chi connectivity index (χ3n) is 3.37. The van der Waals surface area contributed by atoms with Crippen molar-refractivity contribution in [3.8, 4) is 0 Å². The molecule has 1 aromatic heterocycles. The van der Waals surface area contributed by atoms with Crippen LogP contribution in [0.15, 0.2) is 33.5 Å². The number of aromatic nitrogens is 2. The number of anilines is 1. The van der Waals surface area contributed by atoms with Crippen molar-refractivity contribution in [3.05, 3.63) is 41.2 Å². The summed E-state index contributed by atoms with van der Waals surface area (Å²) in [6.45, 7) is 4.67. The molecule has 1 aromatic carbocycles. The Morgan fingerprint density at radius 2 is 2.15 bits per heavy atom. The standard InChI is InChI=1S/C14H20N4OS/c1-10-14(11(2)18-17-10)9-16-12-6-5-7-13(8-12)20(4,19)15-3/h5-8,16H,9H2,1-4H3,(H,17,18). The van der Waals surface area contributed by atoms with Crippen LogP contribution in [0.5, 0.6) is 0 Å². The molecule has 20 heavy (non-hydrogen) atoms. The highest BCUT2D eigenvalue weighted by Gasteiger charge is 2.08. The lowest BCUT2D eigenvalue weighted by Crippen LogP contribution is -2.03. The van der Waals surface area contributed by atoms with Gasteiger partial charge in [0.1, 0.15) is 0 Å². The highest BCUT2D eigenvalue weighted by Crippen LogP contribution is 2.18. The van der Waals surface area contributed by atoms with Crippen LogP contribution in [0.3, 0.4) is 0 Å². The number of benzene rings is 1. The van der Waals surface area contributed by atoms with Gasteiger partial charge in [0.15, 0.2) is 0 Å². The van der Waals surface area contributed by atoms with Gasteiger partial charge in [-0.15, -0.1) is 0 Å². The second-order valence-corrected chi connectivity index (χ2v) is 7.22. The van der Waals surface area contributed by atoms with Gasteiger partial charge in [0.05, 0.1) is 15.4 Å². The lowest BCUT2D eigenvalue weighted by atomic mass is 10.2. The Hall–Kier alpha value is -1.82. The van der Waals surface area contributed by atoms with E-state index in [2.05, 4.69) is 19.9 Å². The maximum absolute atomic E-state index is 12.2. The number of nitrogens with one attached hydrogen (secondary N) is 2. The average molecular weight is 292 g/mol. The van der Waals surface area contributed by atoms with Gasteiger partial charge in [0.25, 0.3) is 0 Å². The Bertz CT molecular complexity index is 707. The third-order valence-corrected chi connectivity index (χ3v) is 5.20. The molecule has 108 valence electrons. The summed E-state index contributed by atoms with van der Waals surface area (Å²) in [5.41, 5.74) is 4.15. The zero-order valence-corrected chi connectivity index (χ0v) is 13.0. The number of aryl methyl sites for hydroxylation is 2. The third kappa shape index (κ3) is 3.01. The Morgan fingerprint density at radius 3 is 2.75 bits per heavy atom. The van der Waals surface area contributed by atoms with Crippen LogP contribution in [0.4, 0.5) is 5.69 Å². The quantitative estimate of drug-likeness (QED) is 0.910. The zero-order valence-electron chi connectivity index (χ0n) is 12.2. The molecule has 1 heterocycles. The molecule has 0 radical (unpaired) electrons. The van der Waals surface area contributed by atoms with Gasteiger partial charge in [-0.2, -0.15) is 5.10 Å². The van der Waals surface area contributed by atoms with E-state index in [4.69, 9.17) is 0 Å². The lowest BCUT2D eigenvalue weighted by Gasteiger charge is -2.09. The van der Waals surface area contributed by atoms with Gasteiger partial charge >= 0.3 is 0 Å². The molecule has 0 saturated carbocycles. The fraction of sp³-hybridized carbons (Fsp3) is 0.357. The largest absolute Gasteiger partial charge is 0.381 e. The minimum atomic E-state index is -2.29. The summed E-state index contributed by atoms with van der Waals surface area (Å²) in [5, 5.41) is 10.5. The number of aromatic amines is 1. The van der Waals surface area contributed by atoms with Gasteiger partial charge in [-0.25, -0.2) is 8.57 Å². The monoisotopic (exact) mass is 292 g/mol. The van der Waals surface area contributed by atoms with Crippen LogP contribution in [0, 0.1) is 13.8 Å². The van der Waals surface area contributed by atoms with E-state index < -0.39 is 9.73 Å². The zero-order chi connectivity index (χ0) is 14.8. The molecule has 0 saturated heterocycles. The molecule has 1 unspecified atom stereocenters. The minimum absolute atomic E-state index is 0.686. The predicted octanol–water partition coefficient (Wildman–Crippen LogP) is 2.73. The second kappa shape index (κ2) is 5.66. The van der Waals surface area contributed by atoms with Crippen molar-refractivity contribution in [3.63, 3.8) is 0 Å². The summed E-state index contributed by atoms with van der Waals surface area (Å²) < 4.78 is 16.2. The highest BCUT2D eigenvalue weighted by molar-refractivity contribution is 7.93. The first-order valence-electron chi connectivity index (χ1n) is 6.38. The summed E-state index contributed by atoms with van der Waals surface area (Å²) >= 11 is 0. The van der Waals surface area contributed by atoms with E-state index in [-0.39, 0.29) is 0 Å². The molecule has 0 spiro atoms. The molecular weight excluding hydrogens is 272 g/mol. The molecular formula is C14H20N4OS. The van der Waals surface area contributed by atoms with Crippen LogP contribution in [0.25, 0.3) is 0 Å². The van der Waals surface area contributed by atoms with Crippen LogP contribution in [0.2, 0.25) is 0 Å². The molecule has 1 atom stereocenters. The molecule has 2 rings (SSSR count). The van der Waals surface area contributed by atoms with Crippen LogP contribution >= 0.6 is 0 Å². The first kappa shape index (κ1) is 14.6.